The van der Waals surface area contributed by atoms with Crippen molar-refractivity contribution in [2.24, 2.45) is 0 Å². The van der Waals surface area contributed by atoms with Gasteiger partial charge in [0.15, 0.2) is 0 Å². The predicted octanol–water partition coefficient (Wildman–Crippen LogP) is 2.81. The number of nitrogens with one attached hydrogen (secondary N) is 1. The molecule has 0 saturated heterocycles. The molecule has 2 N–H and O–H groups in total. The van der Waals surface area contributed by atoms with Gasteiger partial charge in [-0.1, -0.05) is 43.9 Å². The Labute approximate surface area is 125 Å². The molecule has 0 bridgehead atoms. The van der Waals surface area contributed by atoms with E-state index in [2.05, 4.69) is 5.32 Å². The molecule has 1 aromatic carbocycles. The Kier molecular flexibility index (Phi) is 5.70. The van der Waals surface area contributed by atoms with Gasteiger partial charge in [0.25, 0.3) is 5.69 Å². The topological polar surface area (TPSA) is 75.4 Å². The molecule has 0 unspecified atom stereocenters. The average molecular weight is 292 g/mol. The lowest BCUT2D eigenvalue weighted by Gasteiger charge is -2.27. The van der Waals surface area contributed by atoms with E-state index >= 15 is 0 Å². The van der Waals surface area contributed by atoms with Crippen LogP contribution in [0.25, 0.3) is 0 Å². The van der Waals surface area contributed by atoms with E-state index in [9.17, 15) is 15.2 Å². The maximum atomic E-state index is 10.9. The molecule has 1 aliphatic rings. The van der Waals surface area contributed by atoms with E-state index in [0.29, 0.717) is 19.5 Å². The van der Waals surface area contributed by atoms with Crippen LogP contribution in [0.4, 0.5) is 5.69 Å². The number of nitro benzene ring substituents is 1. The summed E-state index contributed by atoms with van der Waals surface area (Å²) in [6.45, 7) is 1.22. The first-order chi connectivity index (χ1) is 10.1. The van der Waals surface area contributed by atoms with E-state index in [1.165, 1.54) is 18.9 Å². The fourth-order valence-electron chi connectivity index (χ4n) is 3.01. The first-order valence-electron chi connectivity index (χ1n) is 7.76. The number of rotatable bonds is 6. The maximum Gasteiger partial charge on any atom is 0.272 e. The van der Waals surface area contributed by atoms with Crippen molar-refractivity contribution in [1.29, 1.82) is 0 Å². The van der Waals surface area contributed by atoms with Crippen LogP contribution in [0, 0.1) is 10.1 Å². The lowest BCUT2D eigenvalue weighted by atomic mass is 9.94. The lowest BCUT2D eigenvalue weighted by molar-refractivity contribution is -0.385. The molecular formula is C16H24N2O3. The van der Waals surface area contributed by atoms with Crippen molar-refractivity contribution in [3.8, 4) is 0 Å². The van der Waals surface area contributed by atoms with Gasteiger partial charge in [0.05, 0.1) is 10.5 Å². The summed E-state index contributed by atoms with van der Waals surface area (Å²) >= 11 is 0. The Balaban J connectivity index is 1.80. The summed E-state index contributed by atoms with van der Waals surface area (Å²) in [5.74, 6) is 0. The van der Waals surface area contributed by atoms with Crippen LogP contribution < -0.4 is 5.32 Å². The number of hydrogen-bond acceptors (Lipinski definition) is 4. The van der Waals surface area contributed by atoms with Crippen LogP contribution in [-0.4, -0.2) is 28.7 Å². The third kappa shape index (κ3) is 4.79. The van der Waals surface area contributed by atoms with E-state index in [0.717, 1.165) is 31.2 Å². The highest BCUT2D eigenvalue weighted by Crippen LogP contribution is 2.26. The third-order valence-electron chi connectivity index (χ3n) is 4.25. The summed E-state index contributed by atoms with van der Waals surface area (Å²) in [4.78, 5) is 10.6. The van der Waals surface area contributed by atoms with Crippen molar-refractivity contribution in [2.75, 3.05) is 13.1 Å². The van der Waals surface area contributed by atoms with Gasteiger partial charge < -0.3 is 10.4 Å². The highest BCUT2D eigenvalue weighted by Gasteiger charge is 2.27. The van der Waals surface area contributed by atoms with Crippen LogP contribution in [0.15, 0.2) is 24.3 Å². The largest absolute Gasteiger partial charge is 0.389 e. The van der Waals surface area contributed by atoms with Gasteiger partial charge in [-0.2, -0.15) is 0 Å². The smallest absolute Gasteiger partial charge is 0.272 e. The first kappa shape index (κ1) is 15.9. The molecule has 1 aromatic rings. The van der Waals surface area contributed by atoms with E-state index in [4.69, 9.17) is 0 Å². The normalized spacial score (nSPS) is 18.1. The number of para-hydroxylation sites is 1. The molecule has 1 fully saturated rings. The molecule has 0 amide bonds. The summed E-state index contributed by atoms with van der Waals surface area (Å²) in [6, 6.07) is 6.83. The van der Waals surface area contributed by atoms with E-state index in [-0.39, 0.29) is 10.6 Å². The SMILES string of the molecule is O=[N+]([O-])c1ccccc1CCNCC1(O)CCCCCC1. The van der Waals surface area contributed by atoms with Gasteiger partial charge in [-0.25, -0.2) is 0 Å². The molecule has 2 rings (SSSR count). The van der Waals surface area contributed by atoms with Gasteiger partial charge in [-0.3, -0.25) is 10.1 Å². The van der Waals surface area contributed by atoms with Gasteiger partial charge in [0.1, 0.15) is 0 Å². The van der Waals surface area contributed by atoms with Crippen LogP contribution in [0.2, 0.25) is 0 Å². The van der Waals surface area contributed by atoms with Crippen LogP contribution in [-0.2, 0) is 6.42 Å². The summed E-state index contributed by atoms with van der Waals surface area (Å²) in [5.41, 5.74) is 0.314. The molecule has 5 heteroatoms. The number of aliphatic hydroxyl groups is 1. The molecule has 0 spiro atoms. The lowest BCUT2D eigenvalue weighted by Crippen LogP contribution is -2.40. The minimum atomic E-state index is -0.598. The number of nitro groups is 1. The second-order valence-electron chi connectivity index (χ2n) is 5.95. The van der Waals surface area contributed by atoms with E-state index in [1.807, 2.05) is 6.07 Å². The van der Waals surface area contributed by atoms with E-state index in [1.54, 1.807) is 12.1 Å². The number of hydrogen-bond donors (Lipinski definition) is 2. The molecular weight excluding hydrogens is 268 g/mol. The first-order valence-corrected chi connectivity index (χ1v) is 7.76. The van der Waals surface area contributed by atoms with E-state index < -0.39 is 5.60 Å². The average Bonchev–Trinajstić information content (AvgIpc) is 2.69. The Morgan fingerprint density at radius 1 is 1.19 bits per heavy atom. The quantitative estimate of drug-likeness (QED) is 0.366. The van der Waals surface area contributed by atoms with Gasteiger partial charge in [0, 0.05) is 18.2 Å². The highest BCUT2D eigenvalue weighted by atomic mass is 16.6. The van der Waals surface area contributed by atoms with Crippen LogP contribution in [0.1, 0.15) is 44.1 Å². The molecule has 21 heavy (non-hydrogen) atoms. The second kappa shape index (κ2) is 7.52. The van der Waals surface area contributed by atoms with Crippen LogP contribution in [0.3, 0.4) is 0 Å². The highest BCUT2D eigenvalue weighted by molar-refractivity contribution is 5.39. The standard InChI is InChI=1S/C16H24N2O3/c19-16(10-5-1-2-6-11-16)13-17-12-9-14-7-3-4-8-15(14)18(20)21/h3-4,7-8,17,19H,1-2,5-6,9-13H2. The van der Waals surface area contributed by atoms with Gasteiger partial charge in [-0.15, -0.1) is 0 Å². The molecule has 0 atom stereocenters. The van der Waals surface area contributed by atoms with Gasteiger partial charge in [-0.05, 0) is 25.8 Å². The van der Waals surface area contributed by atoms with Gasteiger partial charge in [0.2, 0.25) is 0 Å². The Morgan fingerprint density at radius 2 is 1.86 bits per heavy atom. The van der Waals surface area contributed by atoms with Crippen molar-refractivity contribution in [3.05, 3.63) is 39.9 Å². The fraction of sp³-hybridized carbons (Fsp3) is 0.625. The summed E-state index contributed by atoms with van der Waals surface area (Å²) < 4.78 is 0. The fourth-order valence-corrected chi connectivity index (χ4v) is 3.01. The minimum Gasteiger partial charge on any atom is -0.389 e. The Bertz CT molecular complexity index is 468. The predicted molar refractivity (Wildman–Crippen MR) is 82.3 cm³/mol. The summed E-state index contributed by atoms with van der Waals surface area (Å²) in [7, 11) is 0. The number of benzene rings is 1. The third-order valence-corrected chi connectivity index (χ3v) is 4.25. The maximum absolute atomic E-state index is 10.9. The van der Waals surface area contributed by atoms with Gasteiger partial charge >= 0.3 is 0 Å². The molecule has 1 saturated carbocycles. The van der Waals surface area contributed by atoms with Crippen molar-refractivity contribution >= 4 is 5.69 Å². The molecule has 1 aliphatic carbocycles. The molecule has 0 aromatic heterocycles. The minimum absolute atomic E-state index is 0.174. The zero-order chi connectivity index (χ0) is 15.1. The number of nitrogens with zero attached hydrogens (tertiary/aromatic N) is 1. The molecule has 5 nitrogen and oxygen atoms in total. The van der Waals surface area contributed by atoms with Crippen molar-refractivity contribution in [2.45, 2.75) is 50.5 Å². The molecule has 0 heterocycles. The molecule has 0 aliphatic heterocycles. The monoisotopic (exact) mass is 292 g/mol. The van der Waals surface area contributed by atoms with Crippen LogP contribution in [0.5, 0.6) is 0 Å². The van der Waals surface area contributed by atoms with Crippen molar-refractivity contribution < 1.29 is 10.0 Å². The van der Waals surface area contributed by atoms with Crippen molar-refractivity contribution in [3.63, 3.8) is 0 Å². The Morgan fingerprint density at radius 3 is 2.52 bits per heavy atom. The second-order valence-corrected chi connectivity index (χ2v) is 5.95. The molecule has 116 valence electrons. The molecule has 0 radical (unpaired) electrons. The summed E-state index contributed by atoms with van der Waals surface area (Å²) in [5, 5.41) is 24.7. The zero-order valence-corrected chi connectivity index (χ0v) is 12.4. The van der Waals surface area contributed by atoms with Crippen LogP contribution >= 0.6 is 0 Å². The zero-order valence-electron chi connectivity index (χ0n) is 12.4. The Hall–Kier alpha value is -1.46. The van der Waals surface area contributed by atoms with Crippen molar-refractivity contribution in [1.82, 2.24) is 5.32 Å². The summed E-state index contributed by atoms with van der Waals surface area (Å²) in [6.07, 6.45) is 6.89.